The second-order valence-corrected chi connectivity index (χ2v) is 6.74. The van der Waals surface area contributed by atoms with Crippen LogP contribution in [0.25, 0.3) is 0 Å². The number of benzene rings is 1. The molecular weight excluding hydrogens is 293 g/mol. The molecule has 1 heterocycles. The number of morpholine rings is 1. The third kappa shape index (κ3) is 5.36. The van der Waals surface area contributed by atoms with Gasteiger partial charge >= 0.3 is 0 Å². The molecule has 3 N–H and O–H groups in total. The number of halogens is 1. The maximum atomic E-state index is 14.3. The smallest absolute Gasteiger partial charge is 0.148 e. The van der Waals surface area contributed by atoms with Gasteiger partial charge in [-0.3, -0.25) is 0 Å². The molecule has 0 aliphatic carbocycles. The van der Waals surface area contributed by atoms with Gasteiger partial charge < -0.3 is 20.7 Å². The molecule has 0 spiro atoms. The van der Waals surface area contributed by atoms with E-state index >= 15 is 0 Å². The molecule has 0 radical (unpaired) electrons. The number of anilines is 2. The van der Waals surface area contributed by atoms with E-state index in [1.54, 1.807) is 6.07 Å². The van der Waals surface area contributed by atoms with Crippen molar-refractivity contribution in [3.8, 4) is 0 Å². The van der Waals surface area contributed by atoms with Crippen molar-refractivity contribution < 1.29 is 9.13 Å². The highest BCUT2D eigenvalue weighted by Crippen LogP contribution is 2.25. The van der Waals surface area contributed by atoms with E-state index in [-0.39, 0.29) is 18.0 Å². The predicted octanol–water partition coefficient (Wildman–Crippen LogP) is 3.23. The highest BCUT2D eigenvalue weighted by molar-refractivity contribution is 5.56. The minimum absolute atomic E-state index is 0.171. The molecule has 0 aromatic heterocycles. The topological polar surface area (TPSA) is 50.5 Å². The lowest BCUT2D eigenvalue weighted by atomic mass is 10.1. The second-order valence-electron chi connectivity index (χ2n) is 6.74. The predicted molar refractivity (Wildman–Crippen MR) is 94.6 cm³/mol. The van der Waals surface area contributed by atoms with Crippen molar-refractivity contribution in [1.29, 1.82) is 0 Å². The molecule has 5 heteroatoms. The molecule has 1 aliphatic heterocycles. The van der Waals surface area contributed by atoms with E-state index in [1.807, 2.05) is 12.1 Å². The SMILES string of the molecule is CC(CN)CCCNc1ccc(N2C[C@@H](C)O[C@@H](C)C2)cc1F. The van der Waals surface area contributed by atoms with Crippen LogP contribution in [0.15, 0.2) is 18.2 Å². The summed E-state index contributed by atoms with van der Waals surface area (Å²) in [7, 11) is 0. The number of ether oxygens (including phenoxy) is 1. The third-order valence-electron chi connectivity index (χ3n) is 4.33. The first-order valence-electron chi connectivity index (χ1n) is 8.63. The summed E-state index contributed by atoms with van der Waals surface area (Å²) in [5, 5.41) is 3.18. The molecule has 1 unspecified atom stereocenters. The molecule has 3 atom stereocenters. The summed E-state index contributed by atoms with van der Waals surface area (Å²) in [5.74, 6) is 0.329. The number of hydrogen-bond donors (Lipinski definition) is 2. The van der Waals surface area contributed by atoms with Gasteiger partial charge in [-0.25, -0.2) is 4.39 Å². The Balaban J connectivity index is 1.90. The summed E-state index contributed by atoms with van der Waals surface area (Å²) in [6.07, 6.45) is 2.40. The van der Waals surface area contributed by atoms with Gasteiger partial charge in [0.15, 0.2) is 0 Å². The monoisotopic (exact) mass is 323 g/mol. The molecule has 1 fully saturated rings. The lowest BCUT2D eigenvalue weighted by Gasteiger charge is -2.37. The highest BCUT2D eigenvalue weighted by Gasteiger charge is 2.22. The van der Waals surface area contributed by atoms with Gasteiger partial charge in [-0.05, 0) is 57.4 Å². The van der Waals surface area contributed by atoms with Crippen molar-refractivity contribution in [2.45, 2.75) is 45.8 Å². The van der Waals surface area contributed by atoms with Crippen LogP contribution in [-0.4, -0.2) is 38.4 Å². The minimum atomic E-state index is -0.193. The van der Waals surface area contributed by atoms with Crippen molar-refractivity contribution in [2.75, 3.05) is 36.4 Å². The van der Waals surface area contributed by atoms with Gasteiger partial charge in [0.25, 0.3) is 0 Å². The van der Waals surface area contributed by atoms with Crippen LogP contribution in [-0.2, 0) is 4.74 Å². The fourth-order valence-electron chi connectivity index (χ4n) is 3.02. The summed E-state index contributed by atoms with van der Waals surface area (Å²) in [4.78, 5) is 2.19. The van der Waals surface area contributed by atoms with Crippen molar-refractivity contribution in [3.63, 3.8) is 0 Å². The molecule has 2 rings (SSSR count). The van der Waals surface area contributed by atoms with Crippen molar-refractivity contribution in [3.05, 3.63) is 24.0 Å². The molecule has 1 aromatic carbocycles. The molecule has 0 saturated carbocycles. The molecule has 23 heavy (non-hydrogen) atoms. The van der Waals surface area contributed by atoms with Gasteiger partial charge in [-0.1, -0.05) is 6.92 Å². The molecule has 130 valence electrons. The average molecular weight is 323 g/mol. The Kier molecular flexibility index (Phi) is 6.66. The van der Waals surface area contributed by atoms with Gasteiger partial charge in [0, 0.05) is 25.3 Å². The summed E-state index contributed by atoms with van der Waals surface area (Å²) < 4.78 is 20.0. The number of nitrogens with zero attached hydrogens (tertiary/aromatic N) is 1. The highest BCUT2D eigenvalue weighted by atomic mass is 19.1. The van der Waals surface area contributed by atoms with Crippen LogP contribution in [0, 0.1) is 11.7 Å². The summed E-state index contributed by atoms with van der Waals surface area (Å²) in [6, 6.07) is 5.44. The fourth-order valence-corrected chi connectivity index (χ4v) is 3.02. The van der Waals surface area contributed by atoms with E-state index in [2.05, 4.69) is 31.0 Å². The largest absolute Gasteiger partial charge is 0.383 e. The summed E-state index contributed by atoms with van der Waals surface area (Å²) in [5.41, 5.74) is 7.10. The summed E-state index contributed by atoms with van der Waals surface area (Å²) >= 11 is 0. The summed E-state index contributed by atoms with van der Waals surface area (Å²) in [6.45, 7) is 9.32. The number of rotatable bonds is 7. The molecule has 1 aliphatic rings. The Morgan fingerprint density at radius 3 is 2.65 bits per heavy atom. The average Bonchev–Trinajstić information content (AvgIpc) is 2.51. The lowest BCUT2D eigenvalue weighted by molar-refractivity contribution is -0.00523. The van der Waals surface area contributed by atoms with Crippen LogP contribution in [0.4, 0.5) is 15.8 Å². The first-order valence-corrected chi connectivity index (χ1v) is 8.63. The second kappa shape index (κ2) is 8.50. The van der Waals surface area contributed by atoms with Crippen LogP contribution < -0.4 is 16.0 Å². The van der Waals surface area contributed by atoms with Crippen molar-refractivity contribution in [2.24, 2.45) is 11.7 Å². The Morgan fingerprint density at radius 2 is 2.04 bits per heavy atom. The standard InChI is InChI=1S/C18H30FN3O/c1-13(10-20)5-4-8-21-18-7-6-16(9-17(18)19)22-11-14(2)23-15(3)12-22/h6-7,9,13-15,21H,4-5,8,10-12,20H2,1-3H3/t13?,14-,15+. The number of hydrogen-bond acceptors (Lipinski definition) is 4. The first-order chi connectivity index (χ1) is 11.0. The lowest BCUT2D eigenvalue weighted by Crippen LogP contribution is -2.45. The van der Waals surface area contributed by atoms with Crippen LogP contribution in [0.1, 0.15) is 33.6 Å². The maximum absolute atomic E-state index is 14.3. The van der Waals surface area contributed by atoms with Crippen molar-refractivity contribution >= 4 is 11.4 Å². The number of nitrogens with two attached hydrogens (primary N) is 1. The molecule has 0 bridgehead atoms. The zero-order valence-corrected chi connectivity index (χ0v) is 14.5. The van der Waals surface area contributed by atoms with Gasteiger partial charge in [-0.15, -0.1) is 0 Å². The Labute approximate surface area is 139 Å². The zero-order chi connectivity index (χ0) is 16.8. The quantitative estimate of drug-likeness (QED) is 0.757. The van der Waals surface area contributed by atoms with E-state index in [0.717, 1.165) is 38.2 Å². The first kappa shape index (κ1) is 18.0. The van der Waals surface area contributed by atoms with Gasteiger partial charge in [0.05, 0.1) is 17.9 Å². The van der Waals surface area contributed by atoms with Gasteiger partial charge in [0.2, 0.25) is 0 Å². The van der Waals surface area contributed by atoms with Crippen LogP contribution >= 0.6 is 0 Å². The van der Waals surface area contributed by atoms with E-state index in [0.29, 0.717) is 18.2 Å². The van der Waals surface area contributed by atoms with Crippen molar-refractivity contribution in [1.82, 2.24) is 0 Å². The Hall–Kier alpha value is -1.33. The van der Waals surface area contributed by atoms with E-state index in [4.69, 9.17) is 10.5 Å². The molecule has 1 saturated heterocycles. The zero-order valence-electron chi connectivity index (χ0n) is 14.5. The molecule has 0 amide bonds. The van der Waals surface area contributed by atoms with Gasteiger partial charge in [-0.2, -0.15) is 0 Å². The number of nitrogens with one attached hydrogen (secondary N) is 1. The third-order valence-corrected chi connectivity index (χ3v) is 4.33. The van der Waals surface area contributed by atoms with Crippen LogP contribution in [0.2, 0.25) is 0 Å². The Bertz CT molecular complexity index is 487. The van der Waals surface area contributed by atoms with E-state index in [9.17, 15) is 4.39 Å². The van der Waals surface area contributed by atoms with Crippen LogP contribution in [0.5, 0.6) is 0 Å². The molecule has 4 nitrogen and oxygen atoms in total. The molecular formula is C18H30FN3O. The fraction of sp³-hybridized carbons (Fsp3) is 0.667. The van der Waals surface area contributed by atoms with Crippen LogP contribution in [0.3, 0.4) is 0 Å². The maximum Gasteiger partial charge on any atom is 0.148 e. The van der Waals surface area contributed by atoms with Gasteiger partial charge in [0.1, 0.15) is 5.82 Å². The normalized spacial score (nSPS) is 22.9. The minimum Gasteiger partial charge on any atom is -0.383 e. The molecule has 1 aromatic rings. The van der Waals surface area contributed by atoms with E-state index < -0.39 is 0 Å². The van der Waals surface area contributed by atoms with E-state index in [1.165, 1.54) is 0 Å². The Morgan fingerprint density at radius 1 is 1.35 bits per heavy atom.